The van der Waals surface area contributed by atoms with E-state index >= 15 is 0 Å². The second kappa shape index (κ2) is 60.6. The SMILES string of the molecule is CC.CC(=O)ON(CCCCCCC(=O)CCC(=O)N(CCCCCNC(=O)CCC(=O)N(CCCCC[NH+](CCCCCCCCCC[P+](c1ccccc1)(c1ccccc1)c1ccccc1)CCCCCCCCCC[P+](c1ccccc1)(c1ccccc1)c1ccccc1)OC(C)=O)OC(C)=O)C(C)=O.[Cl-].[Cl-].[Cl-]. The van der Waals surface area contributed by atoms with Gasteiger partial charge in [0.15, 0.2) is 0 Å². The smallest absolute Gasteiger partial charge is 0.329 e. The van der Waals surface area contributed by atoms with Crippen LogP contribution in [0.5, 0.6) is 0 Å². The molecule has 4 amide bonds. The summed E-state index contributed by atoms with van der Waals surface area (Å²) in [6.45, 7) is 13.4. The molecule has 6 aromatic carbocycles. The van der Waals surface area contributed by atoms with E-state index in [0.29, 0.717) is 45.1 Å². The zero-order valence-electron chi connectivity index (χ0n) is 67.5. The fraction of sp³-hybridized carbons (Fsp3) is 0.511. The number of carbonyl (C=O) groups excluding carboxylic acids is 8. The Kier molecular flexibility index (Phi) is 54.6. The molecule has 0 heterocycles. The second-order valence-electron chi connectivity index (χ2n) is 28.3. The minimum atomic E-state index is -1.81. The highest BCUT2D eigenvalue weighted by Gasteiger charge is 2.46. The third-order valence-corrected chi connectivity index (χ3v) is 28.9. The quantitative estimate of drug-likeness (QED) is 0.0237. The van der Waals surface area contributed by atoms with Gasteiger partial charge in [-0.05, 0) is 176 Å². The van der Waals surface area contributed by atoms with Crippen LogP contribution in [0.4, 0.5) is 0 Å². The van der Waals surface area contributed by atoms with Gasteiger partial charge in [-0.25, -0.2) is 0 Å². The van der Waals surface area contributed by atoms with Gasteiger partial charge in [0.1, 0.15) is 52.1 Å². The summed E-state index contributed by atoms with van der Waals surface area (Å²) in [7, 11) is -3.62. The van der Waals surface area contributed by atoms with Crippen molar-refractivity contribution in [2.24, 2.45) is 0 Å². The molecule has 6 aromatic rings. The Bertz CT molecular complexity index is 3150. The Balaban J connectivity index is 0.00000829. The van der Waals surface area contributed by atoms with Crippen molar-refractivity contribution in [2.75, 3.05) is 58.1 Å². The molecule has 0 radical (unpaired) electrons. The molecule has 0 aliphatic rings. The highest BCUT2D eigenvalue weighted by atomic mass is 35.5. The number of unbranched alkanes of at least 4 members (excludes halogenated alkanes) is 21. The van der Waals surface area contributed by atoms with Gasteiger partial charge in [0.25, 0.3) is 17.7 Å². The summed E-state index contributed by atoms with van der Waals surface area (Å²) in [4.78, 5) is 116. The second-order valence-corrected chi connectivity index (χ2v) is 35.5. The number of halogens is 3. The lowest BCUT2D eigenvalue weighted by atomic mass is 10.1. The molecule has 21 heteroatoms. The van der Waals surface area contributed by atoms with Gasteiger partial charge in [-0.15, -0.1) is 0 Å². The van der Waals surface area contributed by atoms with Gasteiger partial charge in [0.2, 0.25) is 5.91 Å². The molecule has 0 aromatic heterocycles. The number of ketones is 1. The predicted molar refractivity (Wildman–Crippen MR) is 444 cm³/mol. The summed E-state index contributed by atoms with van der Waals surface area (Å²) in [6, 6.07) is 67.4. The van der Waals surface area contributed by atoms with Crippen LogP contribution in [0.25, 0.3) is 0 Å². The van der Waals surface area contributed by atoms with Gasteiger partial charge in [-0.2, -0.15) is 15.2 Å². The molecule has 0 atom stereocenters. The molecule has 111 heavy (non-hydrogen) atoms. The van der Waals surface area contributed by atoms with E-state index in [2.05, 4.69) is 187 Å². The highest BCUT2D eigenvalue weighted by molar-refractivity contribution is 7.96. The molecule has 6 rings (SSSR count). The number of nitrogens with one attached hydrogen (secondary N) is 2. The first-order valence-electron chi connectivity index (χ1n) is 40.8. The monoisotopic (exact) mass is 1620 g/mol. The maximum atomic E-state index is 13.4. The van der Waals surface area contributed by atoms with Crippen molar-refractivity contribution < 1.29 is 95.0 Å². The lowest BCUT2D eigenvalue weighted by Crippen LogP contribution is -3.12. The molecule has 0 spiro atoms. The fourth-order valence-corrected chi connectivity index (χ4v) is 23.2. The summed E-state index contributed by atoms with van der Waals surface area (Å²) in [5.41, 5.74) is 0. The predicted octanol–water partition coefficient (Wildman–Crippen LogP) is 6.62. The van der Waals surface area contributed by atoms with Crippen molar-refractivity contribution in [3.63, 3.8) is 0 Å². The van der Waals surface area contributed by atoms with Crippen LogP contribution < -0.4 is 79.3 Å². The molecular weight excluding hydrogens is 1500 g/mol. The van der Waals surface area contributed by atoms with Crippen LogP contribution in [0, 0.1) is 0 Å². The van der Waals surface area contributed by atoms with Gasteiger partial charge in [0, 0.05) is 66.3 Å². The van der Waals surface area contributed by atoms with E-state index in [1.807, 2.05) is 13.8 Å². The summed E-state index contributed by atoms with van der Waals surface area (Å²) < 4.78 is 0. The summed E-state index contributed by atoms with van der Waals surface area (Å²) >= 11 is 0. The van der Waals surface area contributed by atoms with Crippen LogP contribution in [-0.2, 0) is 52.9 Å². The van der Waals surface area contributed by atoms with Gasteiger partial charge in [-0.3, -0.25) is 38.4 Å². The Labute approximate surface area is 685 Å². The van der Waals surface area contributed by atoms with Crippen LogP contribution in [0.3, 0.4) is 0 Å². The minimum absolute atomic E-state index is 0. The third-order valence-electron chi connectivity index (χ3n) is 19.9. The fourth-order valence-electron chi connectivity index (χ4n) is 14.3. The van der Waals surface area contributed by atoms with Gasteiger partial charge in [0.05, 0.1) is 51.6 Å². The molecule has 16 nitrogen and oxygen atoms in total. The first-order valence-corrected chi connectivity index (χ1v) is 44.7. The van der Waals surface area contributed by atoms with Gasteiger partial charge in [-0.1, -0.05) is 187 Å². The van der Waals surface area contributed by atoms with E-state index < -0.39 is 44.2 Å². The zero-order chi connectivity index (χ0) is 77.7. The lowest BCUT2D eigenvalue weighted by molar-refractivity contribution is -0.900. The largest absolute Gasteiger partial charge is 1.00 e. The van der Waals surface area contributed by atoms with Crippen molar-refractivity contribution in [3.8, 4) is 0 Å². The van der Waals surface area contributed by atoms with Crippen LogP contribution in [0.15, 0.2) is 182 Å². The number of carbonyl (C=O) groups is 8. The van der Waals surface area contributed by atoms with Crippen molar-refractivity contribution in [2.45, 2.75) is 241 Å². The van der Waals surface area contributed by atoms with Gasteiger partial charge >= 0.3 is 17.9 Å². The first-order chi connectivity index (χ1) is 52.6. The number of nitrogens with zero attached hydrogens (tertiary/aromatic N) is 3. The number of Topliss-reactive ketones (excluding diaryl/α,β-unsaturated/α-hetero) is 1. The zero-order valence-corrected chi connectivity index (χ0v) is 71.5. The van der Waals surface area contributed by atoms with Gasteiger partial charge < -0.3 is 62.0 Å². The average molecular weight is 1630 g/mol. The van der Waals surface area contributed by atoms with E-state index in [9.17, 15) is 38.4 Å². The highest BCUT2D eigenvalue weighted by Crippen LogP contribution is 2.57. The van der Waals surface area contributed by atoms with Crippen molar-refractivity contribution >= 4 is 93.7 Å². The minimum Gasteiger partial charge on any atom is -1.00 e. The van der Waals surface area contributed by atoms with Crippen molar-refractivity contribution in [1.82, 2.24) is 20.5 Å². The Morgan fingerprint density at radius 2 is 0.568 bits per heavy atom. The maximum Gasteiger partial charge on any atom is 0.329 e. The summed E-state index contributed by atoms with van der Waals surface area (Å²) in [5, 5.41) is 14.8. The number of rotatable bonds is 53. The number of amides is 4. The summed E-state index contributed by atoms with van der Waals surface area (Å²) in [6.07, 6.45) is 29.1. The van der Waals surface area contributed by atoms with E-state index in [1.54, 1.807) is 4.90 Å². The molecular formula is C90H130Cl3N5O11P2. The lowest BCUT2D eigenvalue weighted by Gasteiger charge is -2.27. The molecule has 0 aliphatic heterocycles. The van der Waals surface area contributed by atoms with Crippen LogP contribution in [0.2, 0.25) is 0 Å². The van der Waals surface area contributed by atoms with Crippen LogP contribution in [0.1, 0.15) is 241 Å². The normalized spacial score (nSPS) is 10.9. The van der Waals surface area contributed by atoms with E-state index in [-0.39, 0.29) is 107 Å². The average Bonchev–Trinajstić information content (AvgIpc) is 0.766. The maximum absolute atomic E-state index is 13.4. The number of quaternary nitrogens is 1. The number of hydrogen-bond donors (Lipinski definition) is 2. The molecule has 0 fully saturated rings. The topological polar surface area (TPSA) is 190 Å². The van der Waals surface area contributed by atoms with Crippen molar-refractivity contribution in [1.29, 1.82) is 0 Å². The van der Waals surface area contributed by atoms with E-state index in [4.69, 9.17) is 14.5 Å². The molecule has 0 saturated heterocycles. The third kappa shape index (κ3) is 38.6. The number of hydrogen-bond acceptors (Lipinski definition) is 11. The number of benzene rings is 6. The van der Waals surface area contributed by atoms with E-state index in [1.165, 1.54) is 175 Å². The Morgan fingerprint density at radius 1 is 0.306 bits per heavy atom. The first kappa shape index (κ1) is 100. The standard InChI is InChI=1S/C88H122N5O11P2.C2H6.3ClH/c1-75(94)91(102-76(2)95)70-44-16-13-27-49-79(98)62-64-87(100)92(103-77(3)96)71-45-25-40-66-89-86(99)63-65-88(101)93(104-78(4)97)72-46-26-43-69-90(67-41-14-9-5-7-11-17-47-73-105(80-50-28-19-29-51-80,81-52-30-20-31-53-81)82-54-32-21-33-55-82)68-42-15-10-6-8-12-18-48-74-106(83-56-34-22-35-57-83,84-58-36-23-37-59-84)85-60-38-24-39-61-85;1-2;;;/h19-24,28-39,50-61H,5-18,25-27,40-49,62-74H2,1-4H3;1-2H3;3*1H/q+1;;;;/p-1. The molecule has 2 N–H and O–H groups in total. The molecule has 0 saturated carbocycles. The molecule has 0 aliphatic carbocycles. The van der Waals surface area contributed by atoms with E-state index in [0.717, 1.165) is 60.5 Å². The van der Waals surface area contributed by atoms with Crippen LogP contribution in [-0.4, -0.2) is 121 Å². The molecule has 0 unspecified atom stereocenters. The van der Waals surface area contributed by atoms with Crippen LogP contribution >= 0.6 is 14.5 Å². The van der Waals surface area contributed by atoms with Crippen molar-refractivity contribution in [3.05, 3.63) is 182 Å². The molecule has 612 valence electrons. The summed E-state index contributed by atoms with van der Waals surface area (Å²) in [5.74, 6) is -3.45. The Morgan fingerprint density at radius 3 is 0.892 bits per heavy atom. The Hall–Kier alpha value is -7.03. The molecule has 0 bridgehead atoms. The number of hydroxylamine groups is 6.